The Balaban J connectivity index is 1.90. The molecular formula is C18H30N2. The third-order valence-corrected chi connectivity index (χ3v) is 4.49. The molecule has 20 heavy (non-hydrogen) atoms. The summed E-state index contributed by atoms with van der Waals surface area (Å²) in [6.45, 7) is 10.4. The molecule has 1 heterocycles. The van der Waals surface area contributed by atoms with Gasteiger partial charge in [-0.1, -0.05) is 50.1 Å². The van der Waals surface area contributed by atoms with Gasteiger partial charge in [-0.25, -0.2) is 0 Å². The second-order valence-corrected chi connectivity index (χ2v) is 6.19. The molecule has 2 atom stereocenters. The van der Waals surface area contributed by atoms with Crippen molar-refractivity contribution in [2.45, 2.75) is 58.5 Å². The summed E-state index contributed by atoms with van der Waals surface area (Å²) in [6, 6.07) is 10.4. The van der Waals surface area contributed by atoms with Crippen molar-refractivity contribution in [2.75, 3.05) is 19.6 Å². The Morgan fingerprint density at radius 1 is 1.30 bits per heavy atom. The first-order valence-corrected chi connectivity index (χ1v) is 8.26. The molecule has 0 spiro atoms. The first-order chi connectivity index (χ1) is 9.72. The molecule has 0 radical (unpaired) electrons. The van der Waals surface area contributed by atoms with Crippen LogP contribution in [0.15, 0.2) is 24.3 Å². The molecule has 0 amide bonds. The summed E-state index contributed by atoms with van der Waals surface area (Å²) in [6.07, 6.45) is 5.01. The molecule has 2 nitrogen and oxygen atoms in total. The van der Waals surface area contributed by atoms with E-state index < -0.39 is 0 Å². The van der Waals surface area contributed by atoms with Gasteiger partial charge in [-0.05, 0) is 31.7 Å². The number of nitrogens with one attached hydrogen (secondary N) is 1. The van der Waals surface area contributed by atoms with E-state index >= 15 is 0 Å². The molecule has 1 aliphatic heterocycles. The molecule has 0 aliphatic carbocycles. The fraction of sp³-hybridized carbons (Fsp3) is 0.667. The van der Waals surface area contributed by atoms with E-state index in [9.17, 15) is 0 Å². The summed E-state index contributed by atoms with van der Waals surface area (Å²) in [4.78, 5) is 2.71. The zero-order valence-electron chi connectivity index (χ0n) is 13.4. The summed E-state index contributed by atoms with van der Waals surface area (Å²) < 4.78 is 0. The number of hydrogen-bond acceptors (Lipinski definition) is 2. The average molecular weight is 274 g/mol. The second kappa shape index (κ2) is 7.80. The Morgan fingerprint density at radius 3 is 2.85 bits per heavy atom. The van der Waals surface area contributed by atoms with Crippen LogP contribution in [-0.4, -0.2) is 36.6 Å². The molecule has 2 heteroatoms. The molecular weight excluding hydrogens is 244 g/mol. The third-order valence-electron chi connectivity index (χ3n) is 4.49. The van der Waals surface area contributed by atoms with Gasteiger partial charge in [-0.15, -0.1) is 0 Å². The maximum atomic E-state index is 3.72. The van der Waals surface area contributed by atoms with Crippen molar-refractivity contribution in [3.63, 3.8) is 0 Å². The van der Waals surface area contributed by atoms with Gasteiger partial charge in [0.2, 0.25) is 0 Å². The number of benzene rings is 1. The summed E-state index contributed by atoms with van der Waals surface area (Å²) in [5.74, 6) is 0. The van der Waals surface area contributed by atoms with Crippen molar-refractivity contribution in [1.82, 2.24) is 10.2 Å². The maximum absolute atomic E-state index is 3.72. The molecule has 0 saturated carbocycles. The summed E-state index contributed by atoms with van der Waals surface area (Å²) in [5.41, 5.74) is 2.85. The van der Waals surface area contributed by atoms with Crippen molar-refractivity contribution in [3.8, 4) is 0 Å². The summed E-state index contributed by atoms with van der Waals surface area (Å²) >= 11 is 0. The molecule has 2 unspecified atom stereocenters. The van der Waals surface area contributed by atoms with Crippen molar-refractivity contribution in [2.24, 2.45) is 0 Å². The van der Waals surface area contributed by atoms with Crippen LogP contribution in [0.2, 0.25) is 0 Å². The first-order valence-electron chi connectivity index (χ1n) is 8.26. The lowest BCUT2D eigenvalue weighted by Crippen LogP contribution is -2.56. The zero-order chi connectivity index (χ0) is 14.4. The Bertz CT molecular complexity index is 402. The molecule has 1 aromatic carbocycles. The van der Waals surface area contributed by atoms with Crippen LogP contribution in [0.1, 0.15) is 44.2 Å². The van der Waals surface area contributed by atoms with E-state index in [1.165, 1.54) is 49.9 Å². The van der Waals surface area contributed by atoms with E-state index in [2.05, 4.69) is 55.3 Å². The standard InChI is InChI=1S/C18H30N2/c1-4-7-17-14-20(18(5-2)13-19-17)11-10-16-9-6-8-15(3)12-16/h6,8-9,12,17-19H,4-5,7,10-11,13-14H2,1-3H3. The van der Waals surface area contributed by atoms with E-state index in [4.69, 9.17) is 0 Å². The van der Waals surface area contributed by atoms with E-state index in [1.54, 1.807) is 0 Å². The highest BCUT2D eigenvalue weighted by Crippen LogP contribution is 2.14. The zero-order valence-corrected chi connectivity index (χ0v) is 13.4. The van der Waals surface area contributed by atoms with E-state index in [0.717, 1.165) is 6.54 Å². The van der Waals surface area contributed by atoms with Gasteiger partial charge in [0.1, 0.15) is 0 Å². The fourth-order valence-electron chi connectivity index (χ4n) is 3.29. The number of aryl methyl sites for hydroxylation is 1. The fourth-order valence-corrected chi connectivity index (χ4v) is 3.29. The van der Waals surface area contributed by atoms with Crippen LogP contribution in [0, 0.1) is 6.92 Å². The lowest BCUT2D eigenvalue weighted by Gasteiger charge is -2.40. The molecule has 2 rings (SSSR count). The van der Waals surface area contributed by atoms with Gasteiger partial charge in [-0.2, -0.15) is 0 Å². The molecule has 1 fully saturated rings. The van der Waals surface area contributed by atoms with Crippen molar-refractivity contribution in [1.29, 1.82) is 0 Å². The van der Waals surface area contributed by atoms with Crippen LogP contribution in [0.5, 0.6) is 0 Å². The summed E-state index contributed by atoms with van der Waals surface area (Å²) in [5, 5.41) is 3.72. The number of nitrogens with zero attached hydrogens (tertiary/aromatic N) is 1. The van der Waals surface area contributed by atoms with Crippen LogP contribution in [0.3, 0.4) is 0 Å². The minimum absolute atomic E-state index is 0.695. The smallest absolute Gasteiger partial charge is 0.0218 e. The van der Waals surface area contributed by atoms with Crippen LogP contribution >= 0.6 is 0 Å². The van der Waals surface area contributed by atoms with E-state index in [1.807, 2.05) is 0 Å². The highest BCUT2D eigenvalue weighted by molar-refractivity contribution is 5.22. The SMILES string of the molecule is CCCC1CN(CCc2cccc(C)c2)C(CC)CN1. The number of piperazine rings is 1. The minimum atomic E-state index is 0.695. The highest BCUT2D eigenvalue weighted by atomic mass is 15.2. The topological polar surface area (TPSA) is 15.3 Å². The predicted molar refractivity (Wildman–Crippen MR) is 87.2 cm³/mol. The van der Waals surface area contributed by atoms with Gasteiger partial charge in [-0.3, -0.25) is 4.90 Å². The van der Waals surface area contributed by atoms with Crippen LogP contribution in [-0.2, 0) is 6.42 Å². The Kier molecular flexibility index (Phi) is 6.06. The van der Waals surface area contributed by atoms with Gasteiger partial charge < -0.3 is 5.32 Å². The largest absolute Gasteiger partial charge is 0.311 e. The summed E-state index contributed by atoms with van der Waals surface area (Å²) in [7, 11) is 0. The molecule has 112 valence electrons. The van der Waals surface area contributed by atoms with Crippen molar-refractivity contribution in [3.05, 3.63) is 35.4 Å². The molecule has 0 bridgehead atoms. The van der Waals surface area contributed by atoms with E-state index in [-0.39, 0.29) is 0 Å². The molecule has 1 aliphatic rings. The van der Waals surface area contributed by atoms with E-state index in [0.29, 0.717) is 12.1 Å². The lowest BCUT2D eigenvalue weighted by atomic mass is 10.0. The lowest BCUT2D eigenvalue weighted by molar-refractivity contribution is 0.124. The number of hydrogen-bond donors (Lipinski definition) is 1. The average Bonchev–Trinajstić information content (AvgIpc) is 2.46. The third kappa shape index (κ3) is 4.32. The highest BCUT2D eigenvalue weighted by Gasteiger charge is 2.25. The minimum Gasteiger partial charge on any atom is -0.311 e. The normalized spacial score (nSPS) is 23.9. The van der Waals surface area contributed by atoms with Crippen molar-refractivity contribution >= 4 is 0 Å². The first kappa shape index (κ1) is 15.5. The molecule has 1 N–H and O–H groups in total. The monoisotopic (exact) mass is 274 g/mol. The Morgan fingerprint density at radius 2 is 2.15 bits per heavy atom. The van der Waals surface area contributed by atoms with Gasteiger partial charge in [0.05, 0.1) is 0 Å². The molecule has 0 aromatic heterocycles. The van der Waals surface area contributed by atoms with Crippen LogP contribution < -0.4 is 5.32 Å². The quantitative estimate of drug-likeness (QED) is 0.855. The number of rotatable bonds is 6. The maximum Gasteiger partial charge on any atom is 0.0218 e. The van der Waals surface area contributed by atoms with Crippen LogP contribution in [0.25, 0.3) is 0 Å². The predicted octanol–water partition coefficient (Wildman–Crippen LogP) is 3.39. The van der Waals surface area contributed by atoms with Crippen LogP contribution in [0.4, 0.5) is 0 Å². The molecule has 1 saturated heterocycles. The second-order valence-electron chi connectivity index (χ2n) is 6.19. The van der Waals surface area contributed by atoms with Gasteiger partial charge >= 0.3 is 0 Å². The Labute approximate surface area is 124 Å². The van der Waals surface area contributed by atoms with Gasteiger partial charge in [0, 0.05) is 31.7 Å². The molecule has 1 aromatic rings. The van der Waals surface area contributed by atoms with Gasteiger partial charge in [0.25, 0.3) is 0 Å². The van der Waals surface area contributed by atoms with Crippen molar-refractivity contribution < 1.29 is 0 Å². The Hall–Kier alpha value is -0.860. The van der Waals surface area contributed by atoms with Gasteiger partial charge in [0.15, 0.2) is 0 Å².